The van der Waals surface area contributed by atoms with Gasteiger partial charge in [-0.2, -0.15) is 4.98 Å². The normalized spacial score (nSPS) is 15.6. The van der Waals surface area contributed by atoms with Crippen LogP contribution >= 0.6 is 15.9 Å². The number of anilines is 2. The first-order valence-corrected chi connectivity index (χ1v) is 11.4. The Morgan fingerprint density at radius 1 is 1.12 bits per heavy atom. The smallest absolute Gasteiger partial charge is 0.405 e. The highest BCUT2D eigenvalue weighted by molar-refractivity contribution is 9.10. The summed E-state index contributed by atoms with van der Waals surface area (Å²) in [4.78, 5) is 13.5. The highest BCUT2D eigenvalue weighted by Gasteiger charge is 2.32. The Labute approximate surface area is 198 Å². The number of likely N-dealkylation sites (tertiary alicyclic amines) is 1. The number of ether oxygens (including phenoxy) is 1. The molecule has 0 bridgehead atoms. The van der Waals surface area contributed by atoms with Gasteiger partial charge in [0.2, 0.25) is 5.95 Å². The summed E-state index contributed by atoms with van der Waals surface area (Å²) in [6.07, 6.45) is -3.06. The first-order valence-electron chi connectivity index (χ1n) is 10.6. The molecular weight excluding hydrogens is 499 g/mol. The third kappa shape index (κ3) is 6.05. The summed E-state index contributed by atoms with van der Waals surface area (Å²) in [6.45, 7) is 1.88. The van der Waals surface area contributed by atoms with Gasteiger partial charge in [0.25, 0.3) is 0 Å². The molecule has 0 spiro atoms. The monoisotopic (exact) mass is 523 g/mol. The number of para-hydroxylation sites is 1. The number of aromatic nitrogens is 2. The molecule has 176 valence electrons. The molecule has 0 atom stereocenters. The van der Waals surface area contributed by atoms with Gasteiger partial charge < -0.3 is 15.0 Å². The maximum Gasteiger partial charge on any atom is 0.573 e. The zero-order chi connectivity index (χ0) is 23.6. The molecule has 33 heavy (non-hydrogen) atoms. The molecule has 0 unspecified atom stereocenters. The van der Waals surface area contributed by atoms with Crippen LogP contribution in [0.3, 0.4) is 0 Å². The van der Waals surface area contributed by atoms with Crippen LogP contribution in [0.4, 0.5) is 24.9 Å². The van der Waals surface area contributed by atoms with Gasteiger partial charge in [0.15, 0.2) is 0 Å². The van der Waals surface area contributed by atoms with Crippen LogP contribution in [0.15, 0.2) is 46.9 Å². The second kappa shape index (κ2) is 9.72. The minimum Gasteiger partial charge on any atom is -0.405 e. The van der Waals surface area contributed by atoms with Crippen LogP contribution in [0.1, 0.15) is 18.4 Å². The van der Waals surface area contributed by atoms with Gasteiger partial charge in [-0.3, -0.25) is 4.90 Å². The third-order valence-corrected chi connectivity index (χ3v) is 6.07. The van der Waals surface area contributed by atoms with Crippen molar-refractivity contribution in [3.8, 4) is 5.75 Å². The first kappa shape index (κ1) is 23.6. The fraction of sp³-hybridized carbons (Fsp3) is 0.391. The van der Waals surface area contributed by atoms with Crippen LogP contribution in [-0.4, -0.2) is 54.5 Å². The summed E-state index contributed by atoms with van der Waals surface area (Å²) in [5.74, 6) is 1.27. The molecule has 2 aromatic carbocycles. The van der Waals surface area contributed by atoms with Crippen molar-refractivity contribution in [3.05, 3.63) is 52.5 Å². The van der Waals surface area contributed by atoms with Crippen LogP contribution in [0.5, 0.6) is 5.75 Å². The van der Waals surface area contributed by atoms with E-state index in [2.05, 4.69) is 35.9 Å². The highest BCUT2D eigenvalue weighted by atomic mass is 79.9. The molecule has 0 aliphatic carbocycles. The van der Waals surface area contributed by atoms with Gasteiger partial charge >= 0.3 is 6.36 Å². The van der Waals surface area contributed by atoms with Gasteiger partial charge in [-0.1, -0.05) is 34.1 Å². The quantitative estimate of drug-likeness (QED) is 0.464. The van der Waals surface area contributed by atoms with Crippen LogP contribution in [0.25, 0.3) is 10.9 Å². The van der Waals surface area contributed by atoms with Crippen molar-refractivity contribution >= 4 is 38.6 Å². The number of hydrogen-bond donors (Lipinski definition) is 1. The Morgan fingerprint density at radius 2 is 1.85 bits per heavy atom. The average molecular weight is 524 g/mol. The Bertz CT molecular complexity index is 1120. The molecule has 6 nitrogen and oxygen atoms in total. The predicted octanol–water partition coefficient (Wildman–Crippen LogP) is 5.43. The molecule has 0 radical (unpaired) electrons. The molecule has 1 aliphatic heterocycles. The first-order chi connectivity index (χ1) is 15.7. The van der Waals surface area contributed by atoms with E-state index >= 15 is 0 Å². The van der Waals surface area contributed by atoms with E-state index in [4.69, 9.17) is 4.98 Å². The Morgan fingerprint density at radius 3 is 2.55 bits per heavy atom. The summed E-state index contributed by atoms with van der Waals surface area (Å²) in [6, 6.07) is 12.8. The average Bonchev–Trinajstić information content (AvgIpc) is 2.75. The third-order valence-electron chi connectivity index (χ3n) is 5.58. The number of nitrogens with one attached hydrogen (secondary N) is 1. The second-order valence-electron chi connectivity index (χ2n) is 8.28. The number of nitrogens with zero attached hydrogens (tertiary/aromatic N) is 4. The topological polar surface area (TPSA) is 53.5 Å². The lowest BCUT2D eigenvalue weighted by Gasteiger charge is -2.33. The van der Waals surface area contributed by atoms with Gasteiger partial charge in [-0.05, 0) is 37.1 Å². The van der Waals surface area contributed by atoms with Crippen LogP contribution in [0.2, 0.25) is 0 Å². The van der Waals surface area contributed by atoms with Crippen LogP contribution < -0.4 is 15.0 Å². The number of alkyl halides is 3. The van der Waals surface area contributed by atoms with Gasteiger partial charge in [0.1, 0.15) is 11.6 Å². The van der Waals surface area contributed by atoms with E-state index in [0.29, 0.717) is 22.5 Å². The molecule has 0 saturated carbocycles. The van der Waals surface area contributed by atoms with E-state index in [9.17, 15) is 13.2 Å². The lowest BCUT2D eigenvalue weighted by atomic mass is 10.0. The van der Waals surface area contributed by atoms with E-state index in [-0.39, 0.29) is 11.8 Å². The van der Waals surface area contributed by atoms with Crippen molar-refractivity contribution in [2.45, 2.75) is 31.8 Å². The molecule has 10 heteroatoms. The second-order valence-corrected chi connectivity index (χ2v) is 9.19. The molecule has 1 saturated heterocycles. The summed E-state index contributed by atoms with van der Waals surface area (Å²) < 4.78 is 43.1. The van der Waals surface area contributed by atoms with Crippen LogP contribution in [0, 0.1) is 0 Å². The zero-order valence-corrected chi connectivity index (χ0v) is 19.9. The highest BCUT2D eigenvalue weighted by Crippen LogP contribution is 2.31. The number of piperidine rings is 1. The Balaban J connectivity index is 1.40. The Kier molecular flexibility index (Phi) is 6.94. The summed E-state index contributed by atoms with van der Waals surface area (Å²) in [5, 5.41) is 4.44. The lowest BCUT2D eigenvalue weighted by molar-refractivity contribution is -0.275. The largest absolute Gasteiger partial charge is 0.573 e. The van der Waals surface area contributed by atoms with Crippen LogP contribution in [-0.2, 0) is 6.54 Å². The van der Waals surface area contributed by atoms with Gasteiger partial charge in [-0.15, -0.1) is 13.2 Å². The molecule has 3 aromatic rings. The summed E-state index contributed by atoms with van der Waals surface area (Å²) >= 11 is 3.21. The van der Waals surface area contributed by atoms with Gasteiger partial charge in [0, 0.05) is 55.2 Å². The number of hydrogen-bond acceptors (Lipinski definition) is 6. The maximum atomic E-state index is 12.8. The fourth-order valence-electron chi connectivity index (χ4n) is 4.00. The molecule has 1 aliphatic rings. The van der Waals surface area contributed by atoms with Crippen molar-refractivity contribution in [1.82, 2.24) is 14.9 Å². The molecule has 1 aromatic heterocycles. The number of rotatable bonds is 6. The van der Waals surface area contributed by atoms with E-state index in [1.807, 2.05) is 43.3 Å². The number of fused-ring (bicyclic) bond motifs is 1. The summed E-state index contributed by atoms with van der Waals surface area (Å²) in [7, 11) is 3.91. The maximum absolute atomic E-state index is 12.8. The Hall–Kier alpha value is -2.59. The standard InChI is InChI=1S/C23H25BrF3N5O/c1-31(2)21-18-5-3-4-6-19(18)29-22(30-21)28-17-9-11-32(12-10-17)14-15-7-8-16(24)13-20(15)33-23(25,26)27/h3-8,13,17H,9-12,14H2,1-2H3,(H,28,29,30). The predicted molar refractivity (Wildman–Crippen MR) is 127 cm³/mol. The zero-order valence-electron chi connectivity index (χ0n) is 18.4. The van der Waals surface area contributed by atoms with Crippen molar-refractivity contribution in [3.63, 3.8) is 0 Å². The minimum absolute atomic E-state index is 0.169. The van der Waals surface area contributed by atoms with Crippen molar-refractivity contribution < 1.29 is 17.9 Å². The van der Waals surface area contributed by atoms with E-state index in [0.717, 1.165) is 42.7 Å². The molecule has 2 heterocycles. The molecule has 0 amide bonds. The van der Waals surface area contributed by atoms with Crippen molar-refractivity contribution in [2.75, 3.05) is 37.4 Å². The summed E-state index contributed by atoms with van der Waals surface area (Å²) in [5.41, 5.74) is 1.39. The van der Waals surface area contributed by atoms with E-state index in [1.54, 1.807) is 12.1 Å². The SMILES string of the molecule is CN(C)c1nc(NC2CCN(Cc3ccc(Br)cc3OC(F)(F)F)CC2)nc2ccccc12. The van der Waals surface area contributed by atoms with Gasteiger partial charge in [0.05, 0.1) is 5.52 Å². The van der Waals surface area contributed by atoms with E-state index in [1.165, 1.54) is 6.07 Å². The molecular formula is C23H25BrF3N5O. The van der Waals surface area contributed by atoms with Gasteiger partial charge in [-0.25, -0.2) is 4.98 Å². The number of benzene rings is 2. The fourth-order valence-corrected chi connectivity index (χ4v) is 4.34. The van der Waals surface area contributed by atoms with Crippen molar-refractivity contribution in [2.24, 2.45) is 0 Å². The minimum atomic E-state index is -4.72. The molecule has 4 rings (SSSR count). The molecule has 1 fully saturated rings. The molecule has 1 N–H and O–H groups in total. The van der Waals surface area contributed by atoms with Crippen molar-refractivity contribution in [1.29, 1.82) is 0 Å². The van der Waals surface area contributed by atoms with E-state index < -0.39 is 6.36 Å². The number of halogens is 4. The lowest BCUT2D eigenvalue weighted by Crippen LogP contribution is -2.39.